The summed E-state index contributed by atoms with van der Waals surface area (Å²) in [6, 6.07) is 11.6. The molecule has 0 saturated carbocycles. The van der Waals surface area contributed by atoms with Gasteiger partial charge in [-0.05, 0) is 48.2 Å². The lowest BCUT2D eigenvalue weighted by molar-refractivity contribution is 0.178. The minimum atomic E-state index is -0.615. The molecule has 0 saturated heterocycles. The Balaban J connectivity index is 2.19. The molecule has 3 heteroatoms. The number of halogens is 1. The Hall–Kier alpha value is -1.51. The summed E-state index contributed by atoms with van der Waals surface area (Å²) in [4.78, 5) is 0. The second-order valence-electron chi connectivity index (χ2n) is 5.03. The van der Waals surface area contributed by atoms with Gasteiger partial charge in [-0.1, -0.05) is 35.9 Å². The third kappa shape index (κ3) is 3.33. The largest absolute Gasteiger partial charge is 0.497 e. The fourth-order valence-corrected chi connectivity index (χ4v) is 2.47. The van der Waals surface area contributed by atoms with Crippen molar-refractivity contribution < 1.29 is 9.84 Å². The molecule has 0 fully saturated rings. The molecule has 0 bridgehead atoms. The number of methoxy groups -OCH3 is 1. The number of benzene rings is 2. The fraction of sp³-hybridized carbons (Fsp3) is 0.294. The van der Waals surface area contributed by atoms with Crippen molar-refractivity contribution >= 4 is 11.6 Å². The summed E-state index contributed by atoms with van der Waals surface area (Å²) >= 11 is 6.19. The molecule has 2 nitrogen and oxygen atoms in total. The van der Waals surface area contributed by atoms with Gasteiger partial charge in [-0.15, -0.1) is 0 Å². The Morgan fingerprint density at radius 2 is 1.85 bits per heavy atom. The van der Waals surface area contributed by atoms with E-state index >= 15 is 0 Å². The molecule has 1 N–H and O–H groups in total. The predicted octanol–water partition coefficient (Wildman–Crippen LogP) is 4.24. The number of aliphatic hydroxyl groups is 1. The van der Waals surface area contributed by atoms with Crippen LogP contribution in [0.15, 0.2) is 36.4 Å². The molecular formula is C17H19ClO2. The first-order chi connectivity index (χ1) is 9.51. The van der Waals surface area contributed by atoms with E-state index in [1.807, 2.05) is 18.2 Å². The molecule has 1 atom stereocenters. The number of aliphatic hydroxyl groups excluding tert-OH is 1. The molecule has 106 valence electrons. The summed E-state index contributed by atoms with van der Waals surface area (Å²) in [5, 5.41) is 10.9. The Morgan fingerprint density at radius 3 is 2.45 bits per heavy atom. The monoisotopic (exact) mass is 290 g/mol. The van der Waals surface area contributed by atoms with Gasteiger partial charge < -0.3 is 9.84 Å². The van der Waals surface area contributed by atoms with Crippen LogP contribution >= 0.6 is 11.6 Å². The van der Waals surface area contributed by atoms with E-state index in [9.17, 15) is 5.11 Å². The lowest BCUT2D eigenvalue weighted by atomic mass is 9.98. The van der Waals surface area contributed by atoms with Crippen LogP contribution in [0.2, 0.25) is 5.02 Å². The Bertz CT molecular complexity index is 608. The summed E-state index contributed by atoms with van der Waals surface area (Å²) in [7, 11) is 1.59. The zero-order chi connectivity index (χ0) is 14.7. The van der Waals surface area contributed by atoms with Crippen molar-refractivity contribution in [1.82, 2.24) is 0 Å². The molecule has 0 radical (unpaired) electrons. The number of aryl methyl sites for hydroxylation is 2. The van der Waals surface area contributed by atoms with E-state index in [1.165, 1.54) is 11.1 Å². The third-order valence-corrected chi connectivity index (χ3v) is 3.89. The van der Waals surface area contributed by atoms with Crippen LogP contribution in [0.25, 0.3) is 0 Å². The number of rotatable bonds is 4. The van der Waals surface area contributed by atoms with E-state index in [1.54, 1.807) is 13.2 Å². The summed E-state index contributed by atoms with van der Waals surface area (Å²) in [5.41, 5.74) is 4.32. The highest BCUT2D eigenvalue weighted by Gasteiger charge is 2.13. The highest BCUT2D eigenvalue weighted by molar-refractivity contribution is 6.31. The van der Waals surface area contributed by atoms with Gasteiger partial charge in [-0.2, -0.15) is 0 Å². The molecule has 0 aliphatic heterocycles. The minimum Gasteiger partial charge on any atom is -0.497 e. The van der Waals surface area contributed by atoms with Crippen molar-refractivity contribution in [2.45, 2.75) is 26.4 Å². The molecule has 2 aromatic rings. The minimum absolute atomic E-state index is 0.528. The van der Waals surface area contributed by atoms with Gasteiger partial charge >= 0.3 is 0 Å². The average Bonchev–Trinajstić information content (AvgIpc) is 2.42. The third-order valence-electron chi connectivity index (χ3n) is 3.57. The first kappa shape index (κ1) is 14.9. The molecule has 0 aromatic heterocycles. The van der Waals surface area contributed by atoms with Crippen molar-refractivity contribution in [3.8, 4) is 5.75 Å². The lowest BCUT2D eigenvalue weighted by Gasteiger charge is -2.14. The number of hydrogen-bond donors (Lipinski definition) is 1. The number of hydrogen-bond acceptors (Lipinski definition) is 2. The summed E-state index contributed by atoms with van der Waals surface area (Å²) in [6.07, 6.45) is -0.0665. The normalized spacial score (nSPS) is 12.2. The van der Waals surface area contributed by atoms with Crippen molar-refractivity contribution in [1.29, 1.82) is 0 Å². The van der Waals surface area contributed by atoms with Crippen LogP contribution < -0.4 is 4.74 Å². The van der Waals surface area contributed by atoms with Crippen molar-refractivity contribution in [2.24, 2.45) is 0 Å². The van der Waals surface area contributed by atoms with E-state index < -0.39 is 6.10 Å². The molecule has 2 rings (SSSR count). The van der Waals surface area contributed by atoms with Gasteiger partial charge in [-0.25, -0.2) is 0 Å². The molecule has 20 heavy (non-hydrogen) atoms. The van der Waals surface area contributed by atoms with Crippen LogP contribution in [0.1, 0.15) is 28.4 Å². The number of ether oxygens (including phenoxy) is 1. The quantitative estimate of drug-likeness (QED) is 0.912. The summed E-state index contributed by atoms with van der Waals surface area (Å²) in [5.74, 6) is 0.692. The Labute approximate surface area is 125 Å². The van der Waals surface area contributed by atoms with Crippen LogP contribution in [-0.2, 0) is 6.42 Å². The van der Waals surface area contributed by atoms with E-state index in [0.29, 0.717) is 17.2 Å². The highest BCUT2D eigenvalue weighted by atomic mass is 35.5. The fourth-order valence-electron chi connectivity index (χ4n) is 2.17. The standard InChI is InChI=1S/C17H19ClO2/c1-11-4-5-13(8-12(11)2)9-17(19)15-7-6-14(20-3)10-16(15)18/h4-8,10,17,19H,9H2,1-3H3. The Kier molecular flexibility index (Phi) is 4.69. The van der Waals surface area contributed by atoms with Crippen LogP contribution in [0.3, 0.4) is 0 Å². The molecule has 0 heterocycles. The first-order valence-corrected chi connectivity index (χ1v) is 6.96. The molecular weight excluding hydrogens is 272 g/mol. The van der Waals surface area contributed by atoms with Crippen LogP contribution in [0.4, 0.5) is 0 Å². The molecule has 1 unspecified atom stereocenters. The second kappa shape index (κ2) is 6.29. The average molecular weight is 291 g/mol. The smallest absolute Gasteiger partial charge is 0.120 e. The van der Waals surface area contributed by atoms with Crippen molar-refractivity contribution in [3.05, 3.63) is 63.7 Å². The zero-order valence-electron chi connectivity index (χ0n) is 12.0. The predicted molar refractivity (Wildman–Crippen MR) is 82.6 cm³/mol. The van der Waals surface area contributed by atoms with Crippen LogP contribution in [-0.4, -0.2) is 12.2 Å². The van der Waals surface area contributed by atoms with E-state index in [0.717, 1.165) is 11.1 Å². The molecule has 0 aliphatic carbocycles. The van der Waals surface area contributed by atoms with Gasteiger partial charge in [0, 0.05) is 6.42 Å². The molecule has 0 spiro atoms. The highest BCUT2D eigenvalue weighted by Crippen LogP contribution is 2.29. The van der Waals surface area contributed by atoms with Gasteiger partial charge in [0.15, 0.2) is 0 Å². The maximum absolute atomic E-state index is 10.4. The maximum atomic E-state index is 10.4. The van der Waals surface area contributed by atoms with Gasteiger partial charge in [0.05, 0.1) is 18.2 Å². The summed E-state index contributed by atoms with van der Waals surface area (Å²) in [6.45, 7) is 4.15. The van der Waals surface area contributed by atoms with Gasteiger partial charge in [-0.3, -0.25) is 0 Å². The Morgan fingerprint density at radius 1 is 1.10 bits per heavy atom. The van der Waals surface area contributed by atoms with Gasteiger partial charge in [0.2, 0.25) is 0 Å². The van der Waals surface area contributed by atoms with E-state index in [-0.39, 0.29) is 0 Å². The van der Waals surface area contributed by atoms with E-state index in [4.69, 9.17) is 16.3 Å². The zero-order valence-corrected chi connectivity index (χ0v) is 12.7. The topological polar surface area (TPSA) is 29.5 Å². The van der Waals surface area contributed by atoms with Crippen LogP contribution in [0, 0.1) is 13.8 Å². The van der Waals surface area contributed by atoms with Crippen LogP contribution in [0.5, 0.6) is 5.75 Å². The SMILES string of the molecule is COc1ccc(C(O)Cc2ccc(C)c(C)c2)c(Cl)c1. The van der Waals surface area contributed by atoms with Crippen molar-refractivity contribution in [2.75, 3.05) is 7.11 Å². The second-order valence-corrected chi connectivity index (χ2v) is 5.43. The van der Waals surface area contributed by atoms with Gasteiger partial charge in [0.25, 0.3) is 0 Å². The molecule has 0 aliphatic rings. The molecule has 0 amide bonds. The van der Waals surface area contributed by atoms with E-state index in [2.05, 4.69) is 26.0 Å². The maximum Gasteiger partial charge on any atom is 0.120 e. The first-order valence-electron chi connectivity index (χ1n) is 6.59. The lowest BCUT2D eigenvalue weighted by Crippen LogP contribution is -2.03. The summed E-state index contributed by atoms with van der Waals surface area (Å²) < 4.78 is 5.11. The van der Waals surface area contributed by atoms with Crippen molar-refractivity contribution in [3.63, 3.8) is 0 Å². The van der Waals surface area contributed by atoms with Gasteiger partial charge in [0.1, 0.15) is 5.75 Å². The molecule has 2 aromatic carbocycles.